The van der Waals surface area contributed by atoms with Gasteiger partial charge in [-0.3, -0.25) is 4.79 Å². The van der Waals surface area contributed by atoms with Crippen molar-refractivity contribution in [2.45, 2.75) is 56.4 Å². The van der Waals surface area contributed by atoms with Gasteiger partial charge in [0.2, 0.25) is 0 Å². The number of nitrogens with zero attached hydrogens (tertiary/aromatic N) is 3. The molecule has 4 rings (SSSR count). The second kappa shape index (κ2) is 8.95. The quantitative estimate of drug-likeness (QED) is 0.551. The van der Waals surface area contributed by atoms with Crippen LogP contribution in [0.4, 0.5) is 4.79 Å². The maximum absolute atomic E-state index is 12.9. The standard InChI is InChI=1S/C24H29N5O5S/c1-14(2)35(32,33)17-8-6-15(7-9-17)19-11-26-21-20(28-19)18(10-25-21)22(30)27-16-12-29(13-16)23(31)34-24(3,4)5/h6-11,14,16H,12-13H2,1-5H3,(H,25,26)(H,27,30). The third kappa shape index (κ3) is 5.14. The Balaban J connectivity index is 1.47. The van der Waals surface area contributed by atoms with Gasteiger partial charge in [-0.25, -0.2) is 23.2 Å². The Hall–Kier alpha value is -3.47. The van der Waals surface area contributed by atoms with Gasteiger partial charge in [0.1, 0.15) is 11.1 Å². The number of ether oxygens (including phenoxy) is 1. The number of benzene rings is 1. The van der Waals surface area contributed by atoms with E-state index in [1.165, 1.54) is 4.90 Å². The SMILES string of the molecule is CC(C)S(=O)(=O)c1ccc(-c2cnc3[nH]cc(C(=O)NC4CN(C(=O)OC(C)(C)C)C4)c3n2)cc1. The summed E-state index contributed by atoms with van der Waals surface area (Å²) in [4.78, 5) is 38.7. The topological polar surface area (TPSA) is 134 Å². The Bertz CT molecular complexity index is 1370. The van der Waals surface area contributed by atoms with Crippen LogP contribution < -0.4 is 5.32 Å². The molecule has 3 heterocycles. The second-order valence-corrected chi connectivity index (χ2v) is 12.3. The van der Waals surface area contributed by atoms with E-state index in [0.717, 1.165) is 0 Å². The van der Waals surface area contributed by atoms with Crippen LogP contribution in [0.15, 0.2) is 41.6 Å². The van der Waals surface area contributed by atoms with E-state index < -0.39 is 26.8 Å². The van der Waals surface area contributed by atoms with E-state index in [9.17, 15) is 18.0 Å². The third-order valence-corrected chi connectivity index (χ3v) is 7.76. The minimum Gasteiger partial charge on any atom is -0.444 e. The number of likely N-dealkylation sites (tertiary alicyclic amines) is 1. The predicted molar refractivity (Wildman–Crippen MR) is 131 cm³/mol. The number of hydrogen-bond donors (Lipinski definition) is 2. The molecule has 2 N–H and O–H groups in total. The van der Waals surface area contributed by atoms with Crippen LogP contribution in [0.25, 0.3) is 22.4 Å². The van der Waals surface area contributed by atoms with Gasteiger partial charge in [-0.2, -0.15) is 0 Å². The minimum absolute atomic E-state index is 0.188. The van der Waals surface area contributed by atoms with Gasteiger partial charge in [0, 0.05) is 24.8 Å². The highest BCUT2D eigenvalue weighted by atomic mass is 32.2. The van der Waals surface area contributed by atoms with Gasteiger partial charge < -0.3 is 19.9 Å². The van der Waals surface area contributed by atoms with Crippen molar-refractivity contribution in [1.29, 1.82) is 0 Å². The molecule has 2 aromatic heterocycles. The first-order valence-electron chi connectivity index (χ1n) is 11.3. The van der Waals surface area contributed by atoms with E-state index in [1.54, 1.807) is 71.3 Å². The molecule has 1 aromatic carbocycles. The maximum Gasteiger partial charge on any atom is 0.410 e. The predicted octanol–water partition coefficient (Wildman–Crippen LogP) is 3.16. The number of aromatic amines is 1. The zero-order valence-corrected chi connectivity index (χ0v) is 21.1. The Morgan fingerprint density at radius 2 is 1.83 bits per heavy atom. The molecule has 11 heteroatoms. The Morgan fingerprint density at radius 3 is 2.43 bits per heavy atom. The van der Waals surface area contributed by atoms with Crippen LogP contribution in [-0.2, 0) is 14.6 Å². The molecule has 0 bridgehead atoms. The average Bonchev–Trinajstić information content (AvgIpc) is 3.18. The maximum atomic E-state index is 12.9. The first-order chi connectivity index (χ1) is 16.3. The van der Waals surface area contributed by atoms with Crippen LogP contribution >= 0.6 is 0 Å². The van der Waals surface area contributed by atoms with E-state index in [4.69, 9.17) is 4.74 Å². The lowest BCUT2D eigenvalue weighted by Gasteiger charge is -2.39. The summed E-state index contributed by atoms with van der Waals surface area (Å²) in [5.74, 6) is -0.324. The van der Waals surface area contributed by atoms with Crippen molar-refractivity contribution in [3.63, 3.8) is 0 Å². The molecule has 10 nitrogen and oxygen atoms in total. The number of amides is 2. The first kappa shape index (κ1) is 24.6. The van der Waals surface area contributed by atoms with E-state index in [1.807, 2.05) is 0 Å². The molecule has 0 saturated carbocycles. The highest BCUT2D eigenvalue weighted by Gasteiger charge is 2.35. The number of rotatable bonds is 5. The molecule has 1 aliphatic heterocycles. The summed E-state index contributed by atoms with van der Waals surface area (Å²) in [5, 5.41) is 2.39. The summed E-state index contributed by atoms with van der Waals surface area (Å²) < 4.78 is 30.1. The Morgan fingerprint density at radius 1 is 1.17 bits per heavy atom. The first-order valence-corrected chi connectivity index (χ1v) is 12.9. The summed E-state index contributed by atoms with van der Waals surface area (Å²) in [5.41, 5.74) is 1.82. The largest absolute Gasteiger partial charge is 0.444 e. The van der Waals surface area contributed by atoms with Crippen molar-refractivity contribution in [3.05, 3.63) is 42.2 Å². The van der Waals surface area contributed by atoms with Gasteiger partial charge >= 0.3 is 6.09 Å². The van der Waals surface area contributed by atoms with Crippen molar-refractivity contribution in [2.75, 3.05) is 13.1 Å². The van der Waals surface area contributed by atoms with E-state index in [2.05, 4.69) is 20.3 Å². The normalized spacial score (nSPS) is 14.7. The Labute approximate surface area is 204 Å². The van der Waals surface area contributed by atoms with Crippen LogP contribution in [0.3, 0.4) is 0 Å². The molecule has 186 valence electrons. The van der Waals surface area contributed by atoms with Crippen molar-refractivity contribution in [1.82, 2.24) is 25.2 Å². The highest BCUT2D eigenvalue weighted by Crippen LogP contribution is 2.24. The number of sulfone groups is 1. The lowest BCUT2D eigenvalue weighted by Crippen LogP contribution is -2.61. The molecule has 35 heavy (non-hydrogen) atoms. The van der Waals surface area contributed by atoms with Crippen molar-refractivity contribution >= 4 is 33.0 Å². The fraction of sp³-hybridized carbons (Fsp3) is 0.417. The summed E-state index contributed by atoms with van der Waals surface area (Å²) in [6, 6.07) is 6.27. The molecule has 0 unspecified atom stereocenters. The van der Waals surface area contributed by atoms with Crippen molar-refractivity contribution < 1.29 is 22.7 Å². The van der Waals surface area contributed by atoms with Gasteiger partial charge in [0.05, 0.1) is 33.6 Å². The van der Waals surface area contributed by atoms with Crippen LogP contribution in [0.5, 0.6) is 0 Å². The average molecular weight is 500 g/mol. The van der Waals surface area contributed by atoms with Crippen LogP contribution in [0.1, 0.15) is 45.0 Å². The van der Waals surface area contributed by atoms with E-state index in [-0.39, 0.29) is 16.8 Å². The fourth-order valence-electron chi connectivity index (χ4n) is 3.60. The number of nitrogens with one attached hydrogen (secondary N) is 2. The lowest BCUT2D eigenvalue weighted by molar-refractivity contribution is 0.00533. The number of fused-ring (bicyclic) bond motifs is 1. The Kier molecular flexibility index (Phi) is 6.31. The number of hydrogen-bond acceptors (Lipinski definition) is 7. The summed E-state index contributed by atoms with van der Waals surface area (Å²) in [6.07, 6.45) is 2.71. The van der Waals surface area contributed by atoms with Gasteiger partial charge in [0.25, 0.3) is 5.91 Å². The fourth-order valence-corrected chi connectivity index (χ4v) is 4.66. The van der Waals surface area contributed by atoms with Crippen molar-refractivity contribution in [3.8, 4) is 11.3 Å². The number of carbonyl (C=O) groups is 2. The third-order valence-electron chi connectivity index (χ3n) is 5.59. The molecule has 0 spiro atoms. The monoisotopic (exact) mass is 499 g/mol. The molecule has 1 fully saturated rings. The molecule has 2 amide bonds. The number of carbonyl (C=O) groups excluding carboxylic acids is 2. The zero-order valence-electron chi connectivity index (χ0n) is 20.3. The van der Waals surface area contributed by atoms with Gasteiger partial charge in [-0.15, -0.1) is 0 Å². The molecule has 0 aliphatic carbocycles. The van der Waals surface area contributed by atoms with Crippen LogP contribution in [0, 0.1) is 0 Å². The highest BCUT2D eigenvalue weighted by molar-refractivity contribution is 7.92. The summed E-state index contributed by atoms with van der Waals surface area (Å²) >= 11 is 0. The van der Waals surface area contributed by atoms with Gasteiger partial charge in [-0.1, -0.05) is 12.1 Å². The zero-order chi connectivity index (χ0) is 25.5. The number of H-pyrrole nitrogens is 1. The molecule has 0 radical (unpaired) electrons. The van der Waals surface area contributed by atoms with Gasteiger partial charge in [-0.05, 0) is 46.8 Å². The number of aromatic nitrogens is 3. The molecule has 3 aromatic rings. The molecular weight excluding hydrogens is 470 g/mol. The second-order valence-electron chi connectivity index (χ2n) is 9.83. The molecular formula is C24H29N5O5S. The van der Waals surface area contributed by atoms with E-state index in [0.29, 0.717) is 41.1 Å². The molecule has 1 aliphatic rings. The van der Waals surface area contributed by atoms with Crippen LogP contribution in [-0.4, -0.2) is 70.3 Å². The smallest absolute Gasteiger partial charge is 0.410 e. The van der Waals surface area contributed by atoms with Gasteiger partial charge in [0.15, 0.2) is 15.5 Å². The summed E-state index contributed by atoms with van der Waals surface area (Å²) in [7, 11) is -3.37. The minimum atomic E-state index is -3.37. The lowest BCUT2D eigenvalue weighted by atomic mass is 10.1. The molecule has 0 atom stereocenters. The van der Waals surface area contributed by atoms with E-state index >= 15 is 0 Å². The molecule has 1 saturated heterocycles. The summed E-state index contributed by atoms with van der Waals surface area (Å²) in [6.45, 7) is 9.42. The van der Waals surface area contributed by atoms with Crippen LogP contribution in [0.2, 0.25) is 0 Å². The van der Waals surface area contributed by atoms with Crippen molar-refractivity contribution in [2.24, 2.45) is 0 Å².